The summed E-state index contributed by atoms with van der Waals surface area (Å²) in [7, 11) is -0.0937. The van der Waals surface area contributed by atoms with Crippen LogP contribution in [0.1, 0.15) is 33.6 Å². The maximum Gasteiger partial charge on any atom is 0.191 e. The van der Waals surface area contributed by atoms with Crippen LogP contribution in [0.25, 0.3) is 0 Å². The average Bonchev–Trinajstić information content (AvgIpc) is 2.46. The Labute approximate surface area is 143 Å². The molecule has 0 unspecified atom stereocenters. The first kappa shape index (κ1) is 22.8. The number of methoxy groups -OCH3 is 1. The molecule has 0 aliphatic rings. The van der Waals surface area contributed by atoms with Crippen molar-refractivity contribution in [2.45, 2.75) is 64.0 Å². The fraction of sp³-hybridized carbons (Fsp3) is 0.882. The summed E-state index contributed by atoms with van der Waals surface area (Å²) in [6.07, 6.45) is 2.00. The smallest absolute Gasteiger partial charge is 0.191 e. The summed E-state index contributed by atoms with van der Waals surface area (Å²) in [6, 6.07) is 0. The zero-order chi connectivity index (χ0) is 17.9. The van der Waals surface area contributed by atoms with Gasteiger partial charge in [-0.05, 0) is 31.0 Å². The molecule has 0 aliphatic heterocycles. The van der Waals surface area contributed by atoms with Gasteiger partial charge in [-0.2, -0.15) is 0 Å². The second kappa shape index (κ2) is 11.3. The maximum atomic E-state index is 10.2. The molecule has 23 heavy (non-hydrogen) atoms. The van der Waals surface area contributed by atoms with Crippen molar-refractivity contribution >= 4 is 8.32 Å². The number of hydrogen-bond acceptors (Lipinski definition) is 5. The Hall–Kier alpha value is -0.243. The molecule has 2 atom stereocenters. The highest BCUT2D eigenvalue weighted by Gasteiger charge is 2.36. The van der Waals surface area contributed by atoms with Crippen LogP contribution < -0.4 is 0 Å². The fourth-order valence-corrected chi connectivity index (χ4v) is 2.75. The molecule has 0 rings (SSSR count). The van der Waals surface area contributed by atoms with Crippen LogP contribution in [0.2, 0.25) is 18.1 Å². The molecule has 0 fully saturated rings. The van der Waals surface area contributed by atoms with Gasteiger partial charge in [0.15, 0.2) is 8.32 Å². The van der Waals surface area contributed by atoms with Gasteiger partial charge in [-0.3, -0.25) is 0 Å². The zero-order valence-corrected chi connectivity index (χ0v) is 16.8. The van der Waals surface area contributed by atoms with Gasteiger partial charge < -0.3 is 23.7 Å². The molecule has 0 amide bonds. The third-order valence-corrected chi connectivity index (χ3v) is 8.84. The fourth-order valence-electron chi connectivity index (χ4n) is 1.66. The van der Waals surface area contributed by atoms with Crippen molar-refractivity contribution in [2.24, 2.45) is 0 Å². The van der Waals surface area contributed by atoms with Crippen molar-refractivity contribution in [2.75, 3.05) is 33.7 Å². The molecule has 0 aromatic rings. The molecule has 5 nitrogen and oxygen atoms in total. The third-order valence-electron chi connectivity index (χ3n) is 4.30. The predicted molar refractivity (Wildman–Crippen MR) is 96.2 cm³/mol. The van der Waals surface area contributed by atoms with E-state index >= 15 is 0 Å². The molecule has 0 aromatic heterocycles. The van der Waals surface area contributed by atoms with E-state index in [1.165, 1.54) is 0 Å². The van der Waals surface area contributed by atoms with Gasteiger partial charge in [0.05, 0.1) is 19.3 Å². The molecule has 0 spiro atoms. The van der Waals surface area contributed by atoms with Crippen LogP contribution in [0.4, 0.5) is 0 Å². The standard InChI is InChI=1S/C17H36O5Si/c1-8-16(21-14-20-13-12-19-5)15(18)10-9-11-22-23(6,7)17(2,3)4/h8,15-16,18H,1,9-14H2,2-7H3/t15-,16+/m1/s1. The average molecular weight is 349 g/mol. The van der Waals surface area contributed by atoms with E-state index in [9.17, 15) is 5.11 Å². The topological polar surface area (TPSA) is 57.2 Å². The van der Waals surface area contributed by atoms with E-state index < -0.39 is 20.5 Å². The lowest BCUT2D eigenvalue weighted by molar-refractivity contribution is -0.114. The van der Waals surface area contributed by atoms with Crippen molar-refractivity contribution in [1.82, 2.24) is 0 Å². The van der Waals surface area contributed by atoms with E-state index in [0.29, 0.717) is 26.2 Å². The molecule has 0 heterocycles. The van der Waals surface area contributed by atoms with Gasteiger partial charge in [-0.1, -0.05) is 26.8 Å². The Kier molecular flexibility index (Phi) is 11.2. The summed E-state index contributed by atoms with van der Waals surface area (Å²) in [4.78, 5) is 0. The lowest BCUT2D eigenvalue weighted by Gasteiger charge is -2.36. The van der Waals surface area contributed by atoms with Gasteiger partial charge in [0.25, 0.3) is 0 Å². The van der Waals surface area contributed by atoms with Crippen LogP contribution in [0.15, 0.2) is 12.7 Å². The molecule has 0 radical (unpaired) electrons. The zero-order valence-electron chi connectivity index (χ0n) is 15.8. The van der Waals surface area contributed by atoms with Crippen molar-refractivity contribution in [3.63, 3.8) is 0 Å². The van der Waals surface area contributed by atoms with E-state index in [2.05, 4.69) is 40.4 Å². The summed E-state index contributed by atoms with van der Waals surface area (Å²) in [5.41, 5.74) is 0. The first-order valence-electron chi connectivity index (χ1n) is 8.28. The Morgan fingerprint density at radius 3 is 2.35 bits per heavy atom. The second-order valence-corrected chi connectivity index (χ2v) is 12.0. The van der Waals surface area contributed by atoms with Gasteiger partial charge in [0.2, 0.25) is 0 Å². The lowest BCUT2D eigenvalue weighted by atomic mass is 10.1. The van der Waals surface area contributed by atoms with Crippen molar-refractivity contribution in [3.05, 3.63) is 12.7 Å². The van der Waals surface area contributed by atoms with E-state index in [0.717, 1.165) is 6.42 Å². The monoisotopic (exact) mass is 348 g/mol. The van der Waals surface area contributed by atoms with Crippen molar-refractivity contribution < 1.29 is 23.7 Å². The van der Waals surface area contributed by atoms with E-state index in [1.807, 2.05) is 0 Å². The Morgan fingerprint density at radius 2 is 1.83 bits per heavy atom. The highest BCUT2D eigenvalue weighted by Crippen LogP contribution is 2.36. The van der Waals surface area contributed by atoms with Crippen LogP contribution in [0.3, 0.4) is 0 Å². The maximum absolute atomic E-state index is 10.2. The highest BCUT2D eigenvalue weighted by molar-refractivity contribution is 6.74. The number of hydrogen-bond donors (Lipinski definition) is 1. The molecule has 6 heteroatoms. The SMILES string of the molecule is C=C[C@H](OCOCCOC)[C@H](O)CCCO[Si](C)(C)C(C)(C)C. The Morgan fingerprint density at radius 1 is 1.17 bits per heavy atom. The molecule has 0 aliphatic carbocycles. The summed E-state index contributed by atoms with van der Waals surface area (Å²) in [5.74, 6) is 0. The largest absolute Gasteiger partial charge is 0.417 e. The number of rotatable bonds is 13. The lowest BCUT2D eigenvalue weighted by Crippen LogP contribution is -2.41. The summed E-state index contributed by atoms with van der Waals surface area (Å²) in [6.45, 7) is 16.6. The van der Waals surface area contributed by atoms with Crippen molar-refractivity contribution in [1.29, 1.82) is 0 Å². The van der Waals surface area contributed by atoms with Gasteiger partial charge in [-0.15, -0.1) is 6.58 Å². The molecule has 0 saturated heterocycles. The Bertz CT molecular complexity index is 315. The first-order chi connectivity index (χ1) is 10.7. The molecule has 138 valence electrons. The number of ether oxygens (including phenoxy) is 3. The quantitative estimate of drug-likeness (QED) is 0.239. The summed E-state index contributed by atoms with van der Waals surface area (Å²) in [5, 5.41) is 10.4. The van der Waals surface area contributed by atoms with Crippen LogP contribution in [0, 0.1) is 0 Å². The van der Waals surface area contributed by atoms with Crippen LogP contribution in [0.5, 0.6) is 0 Å². The molecule has 1 N–H and O–H groups in total. The van der Waals surface area contributed by atoms with Crippen LogP contribution >= 0.6 is 0 Å². The minimum absolute atomic E-state index is 0.123. The first-order valence-corrected chi connectivity index (χ1v) is 11.2. The summed E-state index contributed by atoms with van der Waals surface area (Å²) >= 11 is 0. The predicted octanol–water partition coefficient (Wildman–Crippen LogP) is 3.34. The van der Waals surface area contributed by atoms with E-state index in [4.69, 9.17) is 18.6 Å². The van der Waals surface area contributed by atoms with Crippen LogP contribution in [-0.4, -0.2) is 59.4 Å². The molecular weight excluding hydrogens is 312 g/mol. The highest BCUT2D eigenvalue weighted by atomic mass is 28.4. The second-order valence-electron chi connectivity index (χ2n) is 7.20. The number of aliphatic hydroxyl groups is 1. The van der Waals surface area contributed by atoms with E-state index in [-0.39, 0.29) is 11.8 Å². The third kappa shape index (κ3) is 9.59. The van der Waals surface area contributed by atoms with Gasteiger partial charge in [0.1, 0.15) is 12.9 Å². The van der Waals surface area contributed by atoms with E-state index in [1.54, 1.807) is 13.2 Å². The van der Waals surface area contributed by atoms with Gasteiger partial charge >= 0.3 is 0 Å². The molecule has 0 bridgehead atoms. The normalized spacial score (nSPS) is 15.4. The molecule has 0 aromatic carbocycles. The van der Waals surface area contributed by atoms with Crippen LogP contribution in [-0.2, 0) is 18.6 Å². The minimum atomic E-state index is -1.71. The minimum Gasteiger partial charge on any atom is -0.417 e. The van der Waals surface area contributed by atoms with Crippen molar-refractivity contribution in [3.8, 4) is 0 Å². The number of aliphatic hydroxyl groups excluding tert-OH is 1. The summed E-state index contributed by atoms with van der Waals surface area (Å²) < 4.78 is 21.7. The molecule has 0 saturated carbocycles. The van der Waals surface area contributed by atoms with Gasteiger partial charge in [0, 0.05) is 13.7 Å². The molecular formula is C17H36O5Si. The Balaban J connectivity index is 3.97. The van der Waals surface area contributed by atoms with Gasteiger partial charge in [-0.25, -0.2) is 0 Å².